The van der Waals surface area contributed by atoms with E-state index in [2.05, 4.69) is 0 Å². The Balaban J connectivity index is 0.00000128. The van der Waals surface area contributed by atoms with Crippen molar-refractivity contribution in [2.24, 2.45) is 0 Å². The molecule has 1 N–H and O–H groups in total. The Morgan fingerprint density at radius 2 is 1.62 bits per heavy atom. The Bertz CT molecular complexity index is 617. The molecule has 4 nitrogen and oxygen atoms in total. The van der Waals surface area contributed by atoms with Gasteiger partial charge >= 0.3 is 51.4 Å². The van der Waals surface area contributed by atoms with Gasteiger partial charge in [0.2, 0.25) is 0 Å². The van der Waals surface area contributed by atoms with Crippen LogP contribution in [-0.4, -0.2) is 13.0 Å². The zero-order valence-electron chi connectivity index (χ0n) is 8.54. The van der Waals surface area contributed by atoms with Crippen LogP contribution in [0.2, 0.25) is 0 Å². The van der Waals surface area contributed by atoms with Crippen LogP contribution in [0.25, 0.3) is 10.8 Å². The summed E-state index contributed by atoms with van der Waals surface area (Å²) in [7, 11) is -4.35. The molecule has 0 amide bonds. The van der Waals surface area contributed by atoms with Crippen molar-refractivity contribution in [3.8, 4) is 5.75 Å². The largest absolute Gasteiger partial charge is 1.00 e. The molecule has 0 bridgehead atoms. The molecule has 0 radical (unpaired) electrons. The van der Waals surface area contributed by atoms with Crippen molar-refractivity contribution in [1.29, 1.82) is 0 Å². The third-order valence-corrected chi connectivity index (χ3v) is 3.00. The van der Waals surface area contributed by atoms with Crippen molar-refractivity contribution in [2.45, 2.75) is 4.90 Å². The Hall–Kier alpha value is 0.0464. The van der Waals surface area contributed by atoms with Crippen LogP contribution in [0.1, 0.15) is 0 Å². The Kier molecular flexibility index (Phi) is 4.53. The van der Waals surface area contributed by atoms with Crippen molar-refractivity contribution >= 4 is 20.9 Å². The molecule has 0 atom stereocenters. The maximum Gasteiger partial charge on any atom is 1.00 e. The number of hydrogen-bond donors (Lipinski definition) is 1. The van der Waals surface area contributed by atoms with E-state index in [9.17, 15) is 13.5 Å². The number of benzene rings is 2. The first-order valence-electron chi connectivity index (χ1n) is 4.16. The average Bonchev–Trinajstić information content (AvgIpc) is 2.16. The van der Waals surface area contributed by atoms with Gasteiger partial charge in [-0.2, -0.15) is 8.42 Å². The van der Waals surface area contributed by atoms with E-state index in [0.717, 1.165) is 0 Å². The van der Waals surface area contributed by atoms with Crippen molar-refractivity contribution in [3.05, 3.63) is 36.4 Å². The van der Waals surface area contributed by atoms with E-state index in [4.69, 9.17) is 4.55 Å². The molecule has 2 rings (SSSR count). The molecule has 16 heavy (non-hydrogen) atoms. The fourth-order valence-electron chi connectivity index (χ4n) is 1.49. The van der Waals surface area contributed by atoms with Gasteiger partial charge in [-0.15, -0.1) is 0 Å². The van der Waals surface area contributed by atoms with Gasteiger partial charge in [0.15, 0.2) is 0 Å². The van der Waals surface area contributed by atoms with E-state index >= 15 is 0 Å². The van der Waals surface area contributed by atoms with Crippen LogP contribution in [-0.2, 0) is 10.1 Å². The maximum absolute atomic E-state index is 11.5. The second kappa shape index (κ2) is 5.13. The first kappa shape index (κ1) is 14.1. The fraction of sp³-hybridized carbons (Fsp3) is 0. The molecular formula is C10H7KO4S. The molecule has 0 saturated carbocycles. The minimum absolute atomic E-state index is 0. The molecule has 0 aliphatic rings. The first-order chi connectivity index (χ1) is 7.00. The van der Waals surface area contributed by atoms with E-state index in [1.165, 1.54) is 18.2 Å². The molecule has 0 unspecified atom stereocenters. The predicted octanol–water partition coefficient (Wildman–Crippen LogP) is -1.84. The third-order valence-electron chi connectivity index (χ3n) is 2.11. The van der Waals surface area contributed by atoms with Crippen LogP contribution >= 0.6 is 0 Å². The molecule has 0 aliphatic heterocycles. The minimum Gasteiger partial charge on any atom is -0.872 e. The van der Waals surface area contributed by atoms with Crippen LogP contribution in [0.5, 0.6) is 5.75 Å². The third kappa shape index (κ3) is 2.65. The second-order valence-corrected chi connectivity index (χ2v) is 4.48. The SMILES string of the molecule is O=S(=O)(O)c1cccc2cccc([O-])c12.[K+]. The molecule has 0 spiro atoms. The van der Waals surface area contributed by atoms with Crippen molar-refractivity contribution in [2.75, 3.05) is 0 Å². The summed E-state index contributed by atoms with van der Waals surface area (Å²) in [4.78, 5) is -0.342. The zero-order valence-corrected chi connectivity index (χ0v) is 12.5. The van der Waals surface area contributed by atoms with E-state index in [1.807, 2.05) is 0 Å². The summed E-state index contributed by atoms with van der Waals surface area (Å²) in [6.45, 7) is 0. The summed E-state index contributed by atoms with van der Waals surface area (Å²) in [5, 5.41) is 12.0. The van der Waals surface area contributed by atoms with E-state index in [-0.39, 0.29) is 61.7 Å². The topological polar surface area (TPSA) is 77.4 Å². The summed E-state index contributed by atoms with van der Waals surface area (Å²) in [6, 6.07) is 8.72. The second-order valence-electron chi connectivity index (χ2n) is 3.09. The van der Waals surface area contributed by atoms with Gasteiger partial charge in [-0.3, -0.25) is 4.55 Å². The maximum atomic E-state index is 11.5. The normalized spacial score (nSPS) is 11.1. The molecule has 2 aromatic carbocycles. The molecule has 6 heteroatoms. The predicted molar refractivity (Wildman–Crippen MR) is 53.2 cm³/mol. The van der Waals surface area contributed by atoms with Crippen LogP contribution in [0.15, 0.2) is 41.3 Å². The first-order valence-corrected chi connectivity index (χ1v) is 5.60. The van der Waals surface area contributed by atoms with E-state index in [1.54, 1.807) is 18.2 Å². The van der Waals surface area contributed by atoms with Gasteiger partial charge in [-0.1, -0.05) is 36.1 Å². The molecular weight excluding hydrogens is 255 g/mol. The standard InChI is InChI=1S/C10H8O4S.K/c11-8-5-1-3-7-4-2-6-9(10(7)8)15(12,13)14;/h1-6,11H,(H,12,13,14);/q;+1/p-1. The van der Waals surface area contributed by atoms with Crippen molar-refractivity contribution in [3.63, 3.8) is 0 Å². The summed E-state index contributed by atoms with van der Waals surface area (Å²) in [6.07, 6.45) is 0. The van der Waals surface area contributed by atoms with E-state index < -0.39 is 15.9 Å². The molecule has 0 saturated heterocycles. The van der Waals surface area contributed by atoms with Crippen LogP contribution in [0.3, 0.4) is 0 Å². The summed E-state index contributed by atoms with van der Waals surface area (Å²) >= 11 is 0. The quantitative estimate of drug-likeness (QED) is 0.484. The number of hydrogen-bond acceptors (Lipinski definition) is 3. The summed E-state index contributed by atoms with van der Waals surface area (Å²) in [5.74, 6) is -0.416. The van der Waals surface area contributed by atoms with Crippen molar-refractivity contribution in [1.82, 2.24) is 0 Å². The Labute approximate surface area is 135 Å². The molecule has 0 fully saturated rings. The van der Waals surface area contributed by atoms with Crippen LogP contribution in [0.4, 0.5) is 0 Å². The smallest absolute Gasteiger partial charge is 0.872 e. The molecule has 0 heterocycles. The van der Waals surface area contributed by atoms with Gasteiger partial charge in [0.1, 0.15) is 4.90 Å². The monoisotopic (exact) mass is 262 g/mol. The average molecular weight is 262 g/mol. The van der Waals surface area contributed by atoms with Crippen molar-refractivity contribution < 1.29 is 69.5 Å². The van der Waals surface area contributed by atoms with Crippen LogP contribution in [0, 0.1) is 0 Å². The summed E-state index contributed by atoms with van der Waals surface area (Å²) in [5.41, 5.74) is 0. The Morgan fingerprint density at radius 1 is 1.06 bits per heavy atom. The number of fused-ring (bicyclic) bond motifs is 1. The zero-order chi connectivity index (χ0) is 11.1. The molecule has 0 aliphatic carbocycles. The van der Waals surface area contributed by atoms with Gasteiger partial charge < -0.3 is 5.11 Å². The number of rotatable bonds is 1. The Morgan fingerprint density at radius 3 is 2.19 bits per heavy atom. The summed E-state index contributed by atoms with van der Waals surface area (Å²) < 4.78 is 31.0. The molecule has 78 valence electrons. The van der Waals surface area contributed by atoms with Gasteiger partial charge in [0.05, 0.1) is 0 Å². The van der Waals surface area contributed by atoms with Gasteiger partial charge in [0.25, 0.3) is 10.1 Å². The van der Waals surface area contributed by atoms with Gasteiger partial charge in [-0.25, -0.2) is 0 Å². The van der Waals surface area contributed by atoms with Gasteiger partial charge in [0, 0.05) is 0 Å². The minimum atomic E-state index is -4.35. The fourth-order valence-corrected chi connectivity index (χ4v) is 2.22. The van der Waals surface area contributed by atoms with Crippen LogP contribution < -0.4 is 56.5 Å². The molecule has 2 aromatic rings. The van der Waals surface area contributed by atoms with Gasteiger partial charge in [-0.05, 0) is 16.8 Å². The van der Waals surface area contributed by atoms with E-state index in [0.29, 0.717) is 5.39 Å². The molecule has 0 aromatic heterocycles.